The lowest BCUT2D eigenvalue weighted by atomic mass is 9.99. The number of benzene rings is 2. The molecule has 194 valence electrons. The first-order valence-electron chi connectivity index (χ1n) is 11.7. The SMILES string of the molecule is CC(C)C(NC(=O)C(Cc1ccccc1)NC(=O)C(N)CO)C(=O)NC(Cc1ccccc1)C(=O)O. The van der Waals surface area contributed by atoms with E-state index in [1.54, 1.807) is 68.4 Å². The van der Waals surface area contributed by atoms with Crippen LogP contribution in [0.15, 0.2) is 60.7 Å². The summed E-state index contributed by atoms with van der Waals surface area (Å²) in [6, 6.07) is 13.3. The molecule has 0 aliphatic heterocycles. The number of nitrogens with two attached hydrogens (primary N) is 1. The number of carbonyl (C=O) groups excluding carboxylic acids is 3. The van der Waals surface area contributed by atoms with Gasteiger partial charge in [-0.3, -0.25) is 14.4 Å². The van der Waals surface area contributed by atoms with Crippen LogP contribution < -0.4 is 21.7 Å². The van der Waals surface area contributed by atoms with E-state index in [2.05, 4.69) is 16.0 Å². The molecular weight excluding hydrogens is 464 g/mol. The lowest BCUT2D eigenvalue weighted by Crippen LogP contribution is -2.59. The second-order valence-corrected chi connectivity index (χ2v) is 8.86. The van der Waals surface area contributed by atoms with Gasteiger partial charge in [0.25, 0.3) is 0 Å². The molecule has 3 amide bonds. The Bertz CT molecular complexity index is 1020. The Morgan fingerprint density at radius 3 is 1.67 bits per heavy atom. The highest BCUT2D eigenvalue weighted by molar-refractivity contribution is 5.94. The molecule has 0 saturated carbocycles. The monoisotopic (exact) mass is 498 g/mol. The predicted molar refractivity (Wildman–Crippen MR) is 134 cm³/mol. The highest BCUT2D eigenvalue weighted by Gasteiger charge is 2.32. The molecule has 4 atom stereocenters. The van der Waals surface area contributed by atoms with Crippen LogP contribution in [0.1, 0.15) is 25.0 Å². The van der Waals surface area contributed by atoms with E-state index in [1.165, 1.54) is 0 Å². The second kappa shape index (κ2) is 14.0. The van der Waals surface area contributed by atoms with Gasteiger partial charge < -0.3 is 31.9 Å². The van der Waals surface area contributed by atoms with Crippen LogP contribution in [0.3, 0.4) is 0 Å². The average Bonchev–Trinajstić information content (AvgIpc) is 2.86. The number of rotatable bonds is 13. The van der Waals surface area contributed by atoms with Crippen molar-refractivity contribution in [3.63, 3.8) is 0 Å². The zero-order valence-electron chi connectivity index (χ0n) is 20.4. The molecule has 7 N–H and O–H groups in total. The minimum absolute atomic E-state index is 0.0758. The summed E-state index contributed by atoms with van der Waals surface area (Å²) in [6.07, 6.45) is 0.196. The fraction of sp³-hybridized carbons (Fsp3) is 0.385. The van der Waals surface area contributed by atoms with Crippen molar-refractivity contribution in [2.75, 3.05) is 6.61 Å². The summed E-state index contributed by atoms with van der Waals surface area (Å²) in [5.74, 6) is -3.59. The van der Waals surface area contributed by atoms with E-state index in [4.69, 9.17) is 5.73 Å². The molecule has 10 nitrogen and oxygen atoms in total. The minimum Gasteiger partial charge on any atom is -0.480 e. The maximum absolute atomic E-state index is 13.2. The quantitative estimate of drug-likeness (QED) is 0.225. The predicted octanol–water partition coefficient (Wildman–Crippen LogP) is -0.0136. The molecule has 0 radical (unpaired) electrons. The van der Waals surface area contributed by atoms with Crippen molar-refractivity contribution in [1.29, 1.82) is 0 Å². The molecule has 36 heavy (non-hydrogen) atoms. The smallest absolute Gasteiger partial charge is 0.326 e. The van der Waals surface area contributed by atoms with Gasteiger partial charge in [-0.15, -0.1) is 0 Å². The number of carboxylic acid groups (broad SMARTS) is 1. The van der Waals surface area contributed by atoms with Gasteiger partial charge in [0.15, 0.2) is 0 Å². The van der Waals surface area contributed by atoms with Gasteiger partial charge in [0.1, 0.15) is 24.2 Å². The summed E-state index contributed by atoms with van der Waals surface area (Å²) in [4.78, 5) is 50.4. The third kappa shape index (κ3) is 8.79. The van der Waals surface area contributed by atoms with Crippen molar-refractivity contribution in [2.45, 2.75) is 50.9 Å². The summed E-state index contributed by atoms with van der Waals surface area (Å²) in [5.41, 5.74) is 7.09. The number of amides is 3. The molecule has 0 aliphatic carbocycles. The van der Waals surface area contributed by atoms with Gasteiger partial charge in [-0.05, 0) is 17.0 Å². The maximum atomic E-state index is 13.2. The number of hydrogen-bond acceptors (Lipinski definition) is 6. The lowest BCUT2D eigenvalue weighted by Gasteiger charge is -2.27. The zero-order chi connectivity index (χ0) is 26.7. The molecule has 0 aliphatic rings. The van der Waals surface area contributed by atoms with E-state index in [0.717, 1.165) is 11.1 Å². The van der Waals surface area contributed by atoms with Gasteiger partial charge in [0.2, 0.25) is 17.7 Å². The minimum atomic E-state index is -1.21. The number of carboxylic acids is 1. The van der Waals surface area contributed by atoms with Gasteiger partial charge in [-0.25, -0.2) is 4.79 Å². The van der Waals surface area contributed by atoms with Crippen molar-refractivity contribution in [3.8, 4) is 0 Å². The number of aliphatic hydroxyl groups is 1. The Morgan fingerprint density at radius 2 is 1.22 bits per heavy atom. The van der Waals surface area contributed by atoms with E-state index in [1.807, 2.05) is 6.07 Å². The Balaban J connectivity index is 2.17. The summed E-state index contributed by atoms with van der Waals surface area (Å²) >= 11 is 0. The largest absolute Gasteiger partial charge is 0.480 e. The van der Waals surface area contributed by atoms with Crippen LogP contribution >= 0.6 is 0 Å². The van der Waals surface area contributed by atoms with Crippen LogP contribution in [0.4, 0.5) is 0 Å². The topological polar surface area (TPSA) is 171 Å². The summed E-state index contributed by atoms with van der Waals surface area (Å²) in [7, 11) is 0. The van der Waals surface area contributed by atoms with Gasteiger partial charge in [-0.1, -0.05) is 74.5 Å². The summed E-state index contributed by atoms with van der Waals surface area (Å²) < 4.78 is 0. The number of nitrogens with one attached hydrogen (secondary N) is 3. The molecule has 0 bridgehead atoms. The van der Waals surface area contributed by atoms with Crippen LogP contribution in [0.5, 0.6) is 0 Å². The number of hydrogen-bond donors (Lipinski definition) is 6. The Hall–Kier alpha value is -3.76. The van der Waals surface area contributed by atoms with Crippen LogP contribution in [0.2, 0.25) is 0 Å². The first kappa shape index (κ1) is 28.5. The van der Waals surface area contributed by atoms with Crippen molar-refractivity contribution >= 4 is 23.7 Å². The van der Waals surface area contributed by atoms with Crippen LogP contribution in [-0.2, 0) is 32.0 Å². The average molecular weight is 499 g/mol. The van der Waals surface area contributed by atoms with Crippen molar-refractivity contribution in [3.05, 3.63) is 71.8 Å². The molecule has 4 unspecified atom stereocenters. The van der Waals surface area contributed by atoms with Crippen molar-refractivity contribution in [2.24, 2.45) is 11.7 Å². The Labute approximate surface area is 210 Å². The van der Waals surface area contributed by atoms with E-state index >= 15 is 0 Å². The molecule has 0 saturated heterocycles. The molecular formula is C26H34N4O6. The third-order valence-corrected chi connectivity index (χ3v) is 5.59. The summed E-state index contributed by atoms with van der Waals surface area (Å²) in [6.45, 7) is 2.83. The van der Waals surface area contributed by atoms with E-state index in [-0.39, 0.29) is 18.8 Å². The molecule has 2 aromatic carbocycles. The van der Waals surface area contributed by atoms with Gasteiger partial charge in [0.05, 0.1) is 6.61 Å². The lowest BCUT2D eigenvalue weighted by molar-refractivity contribution is -0.142. The molecule has 2 rings (SSSR count). The van der Waals surface area contributed by atoms with Gasteiger partial charge in [0, 0.05) is 12.8 Å². The first-order chi connectivity index (χ1) is 17.1. The molecule has 2 aromatic rings. The van der Waals surface area contributed by atoms with Gasteiger partial charge >= 0.3 is 5.97 Å². The fourth-order valence-electron chi connectivity index (χ4n) is 3.52. The standard InChI is InChI=1S/C26H34N4O6/c1-16(2)22(25(34)29-21(26(35)36)14-18-11-7-4-8-12-18)30-24(33)20(28-23(32)19(27)15-31)13-17-9-5-3-6-10-17/h3-12,16,19-22,31H,13-15,27H2,1-2H3,(H,28,32)(H,29,34)(H,30,33)(H,35,36). The van der Waals surface area contributed by atoms with E-state index in [0.29, 0.717) is 0 Å². The summed E-state index contributed by atoms with van der Waals surface area (Å²) in [5, 5.41) is 26.5. The zero-order valence-corrected chi connectivity index (χ0v) is 20.4. The van der Waals surface area contributed by atoms with Crippen molar-refractivity contribution in [1.82, 2.24) is 16.0 Å². The molecule has 0 heterocycles. The van der Waals surface area contributed by atoms with E-state index in [9.17, 15) is 29.4 Å². The second-order valence-electron chi connectivity index (χ2n) is 8.86. The van der Waals surface area contributed by atoms with Crippen molar-refractivity contribution < 1.29 is 29.4 Å². The van der Waals surface area contributed by atoms with Crippen LogP contribution in [0.25, 0.3) is 0 Å². The number of aliphatic carboxylic acids is 1. The number of aliphatic hydroxyl groups excluding tert-OH is 1. The van der Waals surface area contributed by atoms with Crippen LogP contribution in [0, 0.1) is 5.92 Å². The Kier molecular flexibility index (Phi) is 11.0. The highest BCUT2D eigenvalue weighted by atomic mass is 16.4. The fourth-order valence-corrected chi connectivity index (χ4v) is 3.52. The molecule has 0 spiro atoms. The normalized spacial score (nSPS) is 14.2. The van der Waals surface area contributed by atoms with Gasteiger partial charge in [-0.2, -0.15) is 0 Å². The maximum Gasteiger partial charge on any atom is 0.326 e. The molecule has 0 aromatic heterocycles. The van der Waals surface area contributed by atoms with Crippen LogP contribution in [-0.4, -0.2) is 64.7 Å². The first-order valence-corrected chi connectivity index (χ1v) is 11.7. The highest BCUT2D eigenvalue weighted by Crippen LogP contribution is 2.09. The molecule has 10 heteroatoms. The Morgan fingerprint density at radius 1 is 0.750 bits per heavy atom. The third-order valence-electron chi connectivity index (χ3n) is 5.59. The molecule has 0 fully saturated rings. The van der Waals surface area contributed by atoms with E-state index < -0.39 is 54.5 Å². The number of carbonyl (C=O) groups is 4.